The van der Waals surface area contributed by atoms with Crippen molar-refractivity contribution in [3.63, 3.8) is 0 Å². The molecule has 1 amide bonds. The summed E-state index contributed by atoms with van der Waals surface area (Å²) in [6.07, 6.45) is 6.34. The van der Waals surface area contributed by atoms with Gasteiger partial charge < -0.3 is 37.9 Å². The van der Waals surface area contributed by atoms with Crippen molar-refractivity contribution < 1.29 is 42.2 Å². The van der Waals surface area contributed by atoms with Crippen LogP contribution >= 0.6 is 0 Å². The number of nitrogens with one attached hydrogen (secondary N) is 1. The Morgan fingerprint density at radius 3 is 2.17 bits per heavy atom. The van der Waals surface area contributed by atoms with Crippen molar-refractivity contribution in [1.29, 1.82) is 0 Å². The zero-order valence-corrected chi connectivity index (χ0v) is 25.9. The fraction of sp³-hybridized carbons (Fsp3) is 0.655. The van der Waals surface area contributed by atoms with Crippen molar-refractivity contribution >= 4 is 26.9 Å². The number of hydrogen-bond donors (Lipinski definition) is 2. The van der Waals surface area contributed by atoms with Crippen molar-refractivity contribution in [3.05, 3.63) is 29.3 Å². The first-order chi connectivity index (χ1) is 19.3. The summed E-state index contributed by atoms with van der Waals surface area (Å²) in [4.78, 5) is 23.7. The number of alkyl carbamates (subject to hydrolysis) is 1. The Morgan fingerprint density at radius 1 is 0.900 bits per heavy atom. The van der Waals surface area contributed by atoms with Gasteiger partial charge in [-0.15, -0.1) is 0 Å². The molecule has 0 aliphatic heterocycles. The smallest absolute Gasteiger partial charge is 0.493 e. The number of methoxy groups -OCH3 is 1. The summed E-state index contributed by atoms with van der Waals surface area (Å²) in [6.45, 7) is 10.7. The maximum atomic E-state index is 12.0. The van der Waals surface area contributed by atoms with E-state index in [9.17, 15) is 14.7 Å². The third-order valence-electron chi connectivity index (χ3n) is 5.86. The van der Waals surface area contributed by atoms with Crippen LogP contribution in [0.3, 0.4) is 0 Å². The topological polar surface area (TPSA) is 122 Å². The van der Waals surface area contributed by atoms with Gasteiger partial charge in [0, 0.05) is 38.0 Å². The lowest BCUT2D eigenvalue weighted by Gasteiger charge is -2.28. The molecule has 10 nitrogen and oxygen atoms in total. The Bertz CT molecular complexity index is 877. The number of carbonyl (C=O) groups is 2. The minimum Gasteiger partial charge on any atom is -0.493 e. The van der Waals surface area contributed by atoms with E-state index in [0.717, 1.165) is 31.2 Å². The van der Waals surface area contributed by atoms with E-state index in [1.807, 2.05) is 33.8 Å². The third kappa shape index (κ3) is 14.2. The predicted octanol–water partition coefficient (Wildman–Crippen LogP) is 6.07. The highest BCUT2D eigenvalue weighted by Crippen LogP contribution is 2.29. The summed E-state index contributed by atoms with van der Waals surface area (Å²) in [5.41, 5.74) is 1.09. The number of rotatable bonds is 23. The number of hydrogen-bond acceptors (Lipinski definition) is 8. The van der Waals surface area contributed by atoms with Crippen LogP contribution in [0.1, 0.15) is 78.2 Å². The number of carboxylic acids is 1. The maximum Gasteiger partial charge on any atom is 0.500 e. The second-order valence-electron chi connectivity index (χ2n) is 9.05. The zero-order valence-electron chi connectivity index (χ0n) is 24.9. The molecule has 0 saturated carbocycles. The van der Waals surface area contributed by atoms with Gasteiger partial charge in [-0.05, 0) is 76.6 Å². The number of benzene rings is 1. The van der Waals surface area contributed by atoms with Crippen molar-refractivity contribution in [2.75, 3.05) is 46.7 Å². The molecule has 0 aliphatic rings. The van der Waals surface area contributed by atoms with Crippen LogP contribution in [0.25, 0.3) is 6.08 Å². The van der Waals surface area contributed by atoms with Crippen molar-refractivity contribution in [3.8, 4) is 11.5 Å². The van der Waals surface area contributed by atoms with Crippen LogP contribution in [0, 0.1) is 0 Å². The molecule has 0 unspecified atom stereocenters. The second-order valence-corrected chi connectivity index (χ2v) is 11.8. The van der Waals surface area contributed by atoms with E-state index in [1.54, 1.807) is 25.3 Å². The summed E-state index contributed by atoms with van der Waals surface area (Å²) in [6, 6.07) is 6.04. The highest BCUT2D eigenvalue weighted by molar-refractivity contribution is 6.60. The number of aliphatic carboxylic acids is 1. The van der Waals surface area contributed by atoms with Gasteiger partial charge in [0.05, 0.1) is 20.3 Å². The molecular formula is C29H49NO9Si. The van der Waals surface area contributed by atoms with E-state index < -0.39 is 20.9 Å². The highest BCUT2D eigenvalue weighted by Gasteiger charge is 2.39. The lowest BCUT2D eigenvalue weighted by atomic mass is 10.0. The van der Waals surface area contributed by atoms with Crippen LogP contribution < -0.4 is 14.8 Å². The van der Waals surface area contributed by atoms with E-state index in [4.69, 9.17) is 27.5 Å². The van der Waals surface area contributed by atoms with E-state index in [2.05, 4.69) is 5.32 Å². The first-order valence-electron chi connectivity index (χ1n) is 14.4. The maximum absolute atomic E-state index is 12.0. The number of carboxylic acid groups (broad SMARTS) is 1. The fourth-order valence-corrected chi connectivity index (χ4v) is 6.64. The lowest BCUT2D eigenvalue weighted by molar-refractivity contribution is -0.132. The van der Waals surface area contributed by atoms with Gasteiger partial charge in [0.25, 0.3) is 0 Å². The first kappa shape index (κ1) is 35.4. The third-order valence-corrected chi connectivity index (χ3v) is 9.01. The molecule has 0 spiro atoms. The lowest BCUT2D eigenvalue weighted by Crippen LogP contribution is -2.46. The number of unbranched alkanes of at least 4 members (excludes halogenated alkanes) is 3. The first-order valence-corrected chi connectivity index (χ1v) is 16.3. The molecule has 0 radical (unpaired) electrons. The molecule has 0 atom stereocenters. The van der Waals surface area contributed by atoms with Gasteiger partial charge in [0.2, 0.25) is 0 Å². The van der Waals surface area contributed by atoms with E-state index >= 15 is 0 Å². The van der Waals surface area contributed by atoms with Gasteiger partial charge in [-0.25, -0.2) is 9.59 Å². The Labute approximate surface area is 240 Å². The predicted molar refractivity (Wildman–Crippen MR) is 157 cm³/mol. The molecule has 2 N–H and O–H groups in total. The normalized spacial score (nSPS) is 11.8. The van der Waals surface area contributed by atoms with Crippen LogP contribution in [-0.4, -0.2) is 72.7 Å². The van der Waals surface area contributed by atoms with Gasteiger partial charge >= 0.3 is 20.9 Å². The summed E-state index contributed by atoms with van der Waals surface area (Å²) in [5.74, 6) is 0.282. The van der Waals surface area contributed by atoms with Crippen LogP contribution in [0.5, 0.6) is 11.5 Å². The molecule has 11 heteroatoms. The molecule has 1 rings (SSSR count). The van der Waals surface area contributed by atoms with Gasteiger partial charge in [0.15, 0.2) is 11.5 Å². The average molecular weight is 584 g/mol. The van der Waals surface area contributed by atoms with Crippen LogP contribution in [0.2, 0.25) is 6.04 Å². The molecule has 0 saturated heterocycles. The Hall–Kier alpha value is -2.60. The molecule has 40 heavy (non-hydrogen) atoms. The van der Waals surface area contributed by atoms with Gasteiger partial charge in [-0.2, -0.15) is 0 Å². The van der Waals surface area contributed by atoms with Gasteiger partial charge in [-0.1, -0.05) is 25.8 Å². The van der Waals surface area contributed by atoms with E-state index in [1.165, 1.54) is 0 Å². The molecule has 0 aliphatic carbocycles. The fourth-order valence-electron chi connectivity index (χ4n) is 4.03. The molecule has 1 aromatic rings. The Kier molecular flexibility index (Phi) is 18.8. The molecule has 0 fully saturated rings. The standard InChI is InChI=1S/C29H49NO9Si/c1-6-19-35-26-17-16-24(23-27(26)34-5)22-25(28(31)32)15-12-10-11-13-20-36-29(33)30-18-14-21-40(37-7-2,38-8-3)39-9-4/h16-17,22-23H,6-15,18-21H2,1-5H3,(H,30,33)(H,31,32)/b25-22+. The summed E-state index contributed by atoms with van der Waals surface area (Å²) >= 11 is 0. The van der Waals surface area contributed by atoms with E-state index in [-0.39, 0.29) is 0 Å². The van der Waals surface area contributed by atoms with Crippen LogP contribution in [0.4, 0.5) is 4.79 Å². The second kappa shape index (κ2) is 21.2. The summed E-state index contributed by atoms with van der Waals surface area (Å²) in [7, 11) is -1.14. The monoisotopic (exact) mass is 583 g/mol. The minimum absolute atomic E-state index is 0.315. The summed E-state index contributed by atoms with van der Waals surface area (Å²) < 4.78 is 33.8. The Morgan fingerprint density at radius 2 is 1.57 bits per heavy atom. The van der Waals surface area contributed by atoms with Crippen LogP contribution in [0.15, 0.2) is 23.8 Å². The Balaban J connectivity index is 2.34. The van der Waals surface area contributed by atoms with Crippen molar-refractivity contribution in [2.45, 2.75) is 78.7 Å². The van der Waals surface area contributed by atoms with E-state index in [0.29, 0.717) is 82.0 Å². The molecule has 0 aromatic heterocycles. The number of ether oxygens (including phenoxy) is 3. The number of amides is 1. The summed E-state index contributed by atoms with van der Waals surface area (Å²) in [5, 5.41) is 12.4. The molecule has 0 bridgehead atoms. The van der Waals surface area contributed by atoms with Gasteiger partial charge in [0.1, 0.15) is 0 Å². The van der Waals surface area contributed by atoms with Crippen LogP contribution in [-0.2, 0) is 22.8 Å². The van der Waals surface area contributed by atoms with Crippen molar-refractivity contribution in [1.82, 2.24) is 5.32 Å². The quantitative estimate of drug-likeness (QED) is 0.0898. The largest absolute Gasteiger partial charge is 0.500 e. The molecule has 1 aromatic carbocycles. The van der Waals surface area contributed by atoms with Gasteiger partial charge in [-0.3, -0.25) is 0 Å². The molecule has 0 heterocycles. The highest BCUT2D eigenvalue weighted by atomic mass is 28.4. The van der Waals surface area contributed by atoms with Crippen molar-refractivity contribution in [2.24, 2.45) is 0 Å². The number of carbonyl (C=O) groups excluding carboxylic acids is 1. The molecular weight excluding hydrogens is 534 g/mol. The zero-order chi connectivity index (χ0) is 29.6. The average Bonchev–Trinajstić information content (AvgIpc) is 2.93. The molecule has 228 valence electrons. The SMILES string of the molecule is CCCOc1ccc(/C=C(\CCCCCCOC(=O)NCCC[Si](OCC)(OCC)OCC)C(=O)O)cc1OC. The minimum atomic E-state index is -2.70.